The van der Waals surface area contributed by atoms with Crippen molar-refractivity contribution >= 4 is 5.78 Å². The van der Waals surface area contributed by atoms with Crippen LogP contribution in [-0.4, -0.2) is 32.7 Å². The summed E-state index contributed by atoms with van der Waals surface area (Å²) in [6, 6.07) is 5.38. The number of benzene rings is 1. The fourth-order valence-corrected chi connectivity index (χ4v) is 3.29. The molecule has 2 atom stereocenters. The van der Waals surface area contributed by atoms with Crippen molar-refractivity contribution in [3.8, 4) is 11.5 Å². The van der Waals surface area contributed by atoms with Crippen LogP contribution in [0.25, 0.3) is 0 Å². The predicted molar refractivity (Wildman–Crippen MR) is 81.2 cm³/mol. The summed E-state index contributed by atoms with van der Waals surface area (Å²) in [5.74, 6) is 1.51. The van der Waals surface area contributed by atoms with Gasteiger partial charge in [0.15, 0.2) is 0 Å². The van der Waals surface area contributed by atoms with Gasteiger partial charge >= 0.3 is 0 Å². The lowest BCUT2D eigenvalue weighted by molar-refractivity contribution is -0.0305. The SMILES string of the molecule is COc1cccc(OC)c1C(=O)C1(OC)CCCC(C)C1. The minimum atomic E-state index is -0.764. The summed E-state index contributed by atoms with van der Waals surface area (Å²) >= 11 is 0. The summed E-state index contributed by atoms with van der Waals surface area (Å²) in [6.07, 6.45) is 3.62. The van der Waals surface area contributed by atoms with E-state index >= 15 is 0 Å². The number of ether oxygens (including phenoxy) is 3. The fourth-order valence-electron chi connectivity index (χ4n) is 3.29. The van der Waals surface area contributed by atoms with Gasteiger partial charge in [-0.15, -0.1) is 0 Å². The van der Waals surface area contributed by atoms with E-state index in [1.165, 1.54) is 0 Å². The first-order valence-corrected chi connectivity index (χ1v) is 7.39. The van der Waals surface area contributed by atoms with E-state index in [1.54, 1.807) is 33.5 Å². The molecule has 0 bridgehead atoms. The molecule has 0 radical (unpaired) electrons. The van der Waals surface area contributed by atoms with E-state index in [1.807, 2.05) is 6.07 Å². The largest absolute Gasteiger partial charge is 0.496 e. The van der Waals surface area contributed by atoms with Gasteiger partial charge in [0, 0.05) is 7.11 Å². The molecule has 4 nitrogen and oxygen atoms in total. The Bertz CT molecular complexity index is 489. The smallest absolute Gasteiger partial charge is 0.202 e. The summed E-state index contributed by atoms with van der Waals surface area (Å²) in [5, 5.41) is 0. The lowest BCUT2D eigenvalue weighted by Crippen LogP contribution is -2.44. The summed E-state index contributed by atoms with van der Waals surface area (Å²) in [5.41, 5.74) is -0.280. The van der Waals surface area contributed by atoms with Crippen molar-refractivity contribution in [2.45, 2.75) is 38.2 Å². The van der Waals surface area contributed by atoms with Gasteiger partial charge in [-0.3, -0.25) is 4.79 Å². The lowest BCUT2D eigenvalue weighted by Gasteiger charge is -2.38. The van der Waals surface area contributed by atoms with Gasteiger partial charge in [0.05, 0.1) is 14.2 Å². The topological polar surface area (TPSA) is 44.8 Å². The highest BCUT2D eigenvalue weighted by molar-refractivity contribution is 6.07. The summed E-state index contributed by atoms with van der Waals surface area (Å²) < 4.78 is 16.4. The van der Waals surface area contributed by atoms with Crippen molar-refractivity contribution < 1.29 is 19.0 Å². The average Bonchev–Trinajstić information content (AvgIpc) is 2.53. The third-order valence-electron chi connectivity index (χ3n) is 4.42. The second-order valence-corrected chi connectivity index (χ2v) is 5.77. The van der Waals surface area contributed by atoms with Gasteiger partial charge in [0.25, 0.3) is 0 Å². The fraction of sp³-hybridized carbons (Fsp3) is 0.588. The standard InChI is InChI=1S/C17H24O4/c1-12-7-6-10-17(11-12,21-4)16(18)15-13(19-2)8-5-9-14(15)20-3/h5,8-9,12H,6-7,10-11H2,1-4H3. The molecule has 0 aromatic heterocycles. The van der Waals surface area contributed by atoms with Crippen molar-refractivity contribution in [1.82, 2.24) is 0 Å². The lowest BCUT2D eigenvalue weighted by atomic mass is 9.74. The second kappa shape index (κ2) is 6.48. The van der Waals surface area contributed by atoms with Gasteiger partial charge in [-0.2, -0.15) is 0 Å². The Morgan fingerprint density at radius 1 is 1.19 bits per heavy atom. The quantitative estimate of drug-likeness (QED) is 0.779. The molecule has 2 unspecified atom stereocenters. The van der Waals surface area contributed by atoms with E-state index in [0.717, 1.165) is 25.7 Å². The van der Waals surface area contributed by atoms with Crippen LogP contribution in [0.5, 0.6) is 11.5 Å². The third kappa shape index (κ3) is 2.91. The Hall–Kier alpha value is -1.55. The molecule has 1 saturated carbocycles. The molecule has 1 aliphatic carbocycles. The first-order chi connectivity index (χ1) is 10.1. The number of Topliss-reactive ketones (excluding diaryl/α,β-unsaturated/α-hetero) is 1. The van der Waals surface area contributed by atoms with Crippen molar-refractivity contribution in [2.24, 2.45) is 5.92 Å². The van der Waals surface area contributed by atoms with Crippen LogP contribution in [0.15, 0.2) is 18.2 Å². The van der Waals surface area contributed by atoms with Crippen molar-refractivity contribution in [2.75, 3.05) is 21.3 Å². The average molecular weight is 292 g/mol. The van der Waals surface area contributed by atoms with Gasteiger partial charge in [0.1, 0.15) is 22.7 Å². The van der Waals surface area contributed by atoms with E-state index in [9.17, 15) is 4.79 Å². The minimum Gasteiger partial charge on any atom is -0.496 e. The molecule has 4 heteroatoms. The van der Waals surface area contributed by atoms with Crippen LogP contribution in [0.4, 0.5) is 0 Å². The van der Waals surface area contributed by atoms with Gasteiger partial charge in [-0.25, -0.2) is 0 Å². The van der Waals surface area contributed by atoms with E-state index in [-0.39, 0.29) is 5.78 Å². The molecule has 0 aliphatic heterocycles. The van der Waals surface area contributed by atoms with E-state index < -0.39 is 5.60 Å². The first-order valence-electron chi connectivity index (χ1n) is 7.39. The monoisotopic (exact) mass is 292 g/mol. The Kier molecular flexibility index (Phi) is 4.88. The molecule has 116 valence electrons. The summed E-state index contributed by atoms with van der Waals surface area (Å²) in [7, 11) is 4.75. The molecular weight excluding hydrogens is 268 g/mol. The highest BCUT2D eigenvalue weighted by atomic mass is 16.5. The van der Waals surface area contributed by atoms with E-state index in [0.29, 0.717) is 23.0 Å². The normalized spacial score (nSPS) is 25.4. The molecule has 1 aliphatic rings. The Morgan fingerprint density at radius 2 is 1.81 bits per heavy atom. The third-order valence-corrected chi connectivity index (χ3v) is 4.42. The maximum absolute atomic E-state index is 13.2. The van der Waals surface area contributed by atoms with Gasteiger partial charge in [-0.05, 0) is 37.3 Å². The highest BCUT2D eigenvalue weighted by Gasteiger charge is 2.44. The van der Waals surface area contributed by atoms with Crippen LogP contribution in [0.1, 0.15) is 43.0 Å². The van der Waals surface area contributed by atoms with Crippen LogP contribution < -0.4 is 9.47 Å². The molecule has 0 saturated heterocycles. The van der Waals surface area contributed by atoms with Crippen LogP contribution in [-0.2, 0) is 4.74 Å². The predicted octanol–water partition coefficient (Wildman–Crippen LogP) is 3.48. The molecule has 21 heavy (non-hydrogen) atoms. The number of hydrogen-bond donors (Lipinski definition) is 0. The summed E-state index contributed by atoms with van der Waals surface area (Å²) in [4.78, 5) is 13.2. The molecule has 2 rings (SSSR count). The molecule has 0 N–H and O–H groups in total. The maximum Gasteiger partial charge on any atom is 0.202 e. The van der Waals surface area contributed by atoms with Crippen molar-refractivity contribution in [3.05, 3.63) is 23.8 Å². The zero-order valence-corrected chi connectivity index (χ0v) is 13.3. The Balaban J connectivity index is 2.47. The minimum absolute atomic E-state index is 0.0362. The molecule has 1 fully saturated rings. The number of carbonyl (C=O) groups is 1. The zero-order valence-electron chi connectivity index (χ0n) is 13.3. The molecule has 1 aromatic carbocycles. The highest BCUT2D eigenvalue weighted by Crippen LogP contribution is 2.41. The van der Waals surface area contributed by atoms with Crippen molar-refractivity contribution in [1.29, 1.82) is 0 Å². The van der Waals surface area contributed by atoms with Crippen LogP contribution in [0.2, 0.25) is 0 Å². The van der Waals surface area contributed by atoms with Crippen LogP contribution >= 0.6 is 0 Å². The van der Waals surface area contributed by atoms with Gasteiger partial charge in [0.2, 0.25) is 5.78 Å². The van der Waals surface area contributed by atoms with Crippen LogP contribution in [0.3, 0.4) is 0 Å². The molecule has 0 spiro atoms. The summed E-state index contributed by atoms with van der Waals surface area (Å²) in [6.45, 7) is 2.17. The van der Waals surface area contributed by atoms with Gasteiger partial charge < -0.3 is 14.2 Å². The van der Waals surface area contributed by atoms with E-state index in [2.05, 4.69) is 6.92 Å². The first kappa shape index (κ1) is 15.8. The number of hydrogen-bond acceptors (Lipinski definition) is 4. The Labute approximate surface area is 126 Å². The van der Waals surface area contributed by atoms with E-state index in [4.69, 9.17) is 14.2 Å². The Morgan fingerprint density at radius 3 is 2.29 bits per heavy atom. The zero-order chi connectivity index (χ0) is 15.5. The number of rotatable bonds is 5. The van der Waals surface area contributed by atoms with Crippen molar-refractivity contribution in [3.63, 3.8) is 0 Å². The van der Waals surface area contributed by atoms with Gasteiger partial charge in [-0.1, -0.05) is 19.4 Å². The molecule has 0 heterocycles. The second-order valence-electron chi connectivity index (χ2n) is 5.77. The molecule has 0 amide bonds. The van der Waals surface area contributed by atoms with Crippen LogP contribution in [0, 0.1) is 5.92 Å². The molecular formula is C17H24O4. The number of ketones is 1. The number of carbonyl (C=O) groups excluding carboxylic acids is 1. The maximum atomic E-state index is 13.2. The molecule has 1 aromatic rings. The number of methoxy groups -OCH3 is 3.